The smallest absolute Gasteiger partial charge is 0.475 e. The van der Waals surface area contributed by atoms with Crippen LogP contribution in [0.3, 0.4) is 0 Å². The first kappa shape index (κ1) is 25.5. The highest BCUT2D eigenvalue weighted by Gasteiger charge is 2.38. The van der Waals surface area contributed by atoms with Crippen molar-refractivity contribution in [3.63, 3.8) is 0 Å². The predicted molar refractivity (Wildman–Crippen MR) is 122 cm³/mol. The van der Waals surface area contributed by atoms with Gasteiger partial charge in [-0.25, -0.2) is 9.18 Å². The van der Waals surface area contributed by atoms with Gasteiger partial charge in [-0.3, -0.25) is 4.98 Å². The molecule has 0 amide bonds. The number of halogens is 4. The molecule has 11 heteroatoms. The Morgan fingerprint density at radius 2 is 1.89 bits per heavy atom. The summed E-state index contributed by atoms with van der Waals surface area (Å²) in [6.45, 7) is 1.28. The van der Waals surface area contributed by atoms with Gasteiger partial charge in [-0.1, -0.05) is 18.2 Å². The second kappa shape index (κ2) is 10.4. The second-order valence-electron chi connectivity index (χ2n) is 7.85. The second-order valence-corrected chi connectivity index (χ2v) is 7.85. The summed E-state index contributed by atoms with van der Waals surface area (Å²) in [5.41, 5.74) is 8.99. The van der Waals surface area contributed by atoms with Crippen LogP contribution in [0, 0.1) is 17.1 Å². The van der Waals surface area contributed by atoms with Crippen LogP contribution < -0.4 is 10.6 Å². The van der Waals surface area contributed by atoms with Gasteiger partial charge >= 0.3 is 12.1 Å². The number of anilines is 1. The Morgan fingerprint density at radius 1 is 1.20 bits per heavy atom. The molecule has 7 nitrogen and oxygen atoms in total. The summed E-state index contributed by atoms with van der Waals surface area (Å²) in [5, 5.41) is 16.3. The van der Waals surface area contributed by atoms with Gasteiger partial charge in [0, 0.05) is 24.0 Å². The Bertz CT molecular complexity index is 1250. The number of nitrogens with one attached hydrogen (secondary N) is 1. The number of carboxylic acid groups (broad SMARTS) is 1. The predicted octanol–water partition coefficient (Wildman–Crippen LogP) is 4.45. The third-order valence-corrected chi connectivity index (χ3v) is 5.19. The highest BCUT2D eigenvalue weighted by atomic mass is 19.4. The Balaban J connectivity index is 0.000000429. The number of alkyl halides is 3. The van der Waals surface area contributed by atoms with Gasteiger partial charge < -0.3 is 20.7 Å². The number of rotatable bonds is 4. The molecule has 1 atom stereocenters. The molecule has 3 heterocycles. The van der Waals surface area contributed by atoms with Crippen LogP contribution in [-0.2, 0) is 4.79 Å². The summed E-state index contributed by atoms with van der Waals surface area (Å²) in [5.74, 6) is -2.05. The Kier molecular flexibility index (Phi) is 7.56. The van der Waals surface area contributed by atoms with Crippen molar-refractivity contribution in [2.45, 2.75) is 18.1 Å². The molecule has 0 radical (unpaired) electrons. The SMILES string of the molecule is N#C[C@@]1(N)CCN(c2ccc(-c3ccnc(C=Cc4ccc(F)cc4)c3)[nH]2)C1.O=C(O)C(F)(F)F. The van der Waals surface area contributed by atoms with E-state index in [2.05, 4.69) is 20.9 Å². The van der Waals surface area contributed by atoms with Crippen LogP contribution in [0.5, 0.6) is 0 Å². The van der Waals surface area contributed by atoms with Crippen LogP contribution in [-0.4, -0.2) is 45.8 Å². The van der Waals surface area contributed by atoms with Crippen LogP contribution in [0.25, 0.3) is 23.4 Å². The number of carbonyl (C=O) groups is 1. The maximum absolute atomic E-state index is 13.0. The van der Waals surface area contributed by atoms with E-state index in [0.29, 0.717) is 13.0 Å². The van der Waals surface area contributed by atoms with Gasteiger partial charge in [0.05, 0.1) is 18.3 Å². The average Bonchev–Trinajstić information content (AvgIpc) is 3.46. The van der Waals surface area contributed by atoms with Crippen molar-refractivity contribution in [3.05, 3.63) is 71.8 Å². The maximum atomic E-state index is 13.0. The fraction of sp³-hybridized carbons (Fsp3) is 0.208. The molecule has 0 bridgehead atoms. The van der Waals surface area contributed by atoms with Gasteiger partial charge in [0.1, 0.15) is 17.2 Å². The van der Waals surface area contributed by atoms with Crippen molar-refractivity contribution in [3.8, 4) is 17.3 Å². The van der Waals surface area contributed by atoms with Gasteiger partial charge in [0.25, 0.3) is 0 Å². The molecular formula is C24H21F4N5O2. The summed E-state index contributed by atoms with van der Waals surface area (Å²) in [4.78, 5) is 18.8. The lowest BCUT2D eigenvalue weighted by Gasteiger charge is -2.18. The number of benzene rings is 1. The van der Waals surface area contributed by atoms with Crippen molar-refractivity contribution >= 4 is 23.9 Å². The molecule has 0 spiro atoms. The van der Waals surface area contributed by atoms with E-state index in [1.54, 1.807) is 18.3 Å². The Hall–Kier alpha value is -4.17. The maximum Gasteiger partial charge on any atom is 0.490 e. The summed E-state index contributed by atoms with van der Waals surface area (Å²) >= 11 is 0. The van der Waals surface area contributed by atoms with E-state index in [9.17, 15) is 22.8 Å². The van der Waals surface area contributed by atoms with Crippen molar-refractivity contribution in [1.82, 2.24) is 9.97 Å². The van der Waals surface area contributed by atoms with Gasteiger partial charge in [-0.2, -0.15) is 18.4 Å². The first-order chi connectivity index (χ1) is 16.5. The van der Waals surface area contributed by atoms with Crippen LogP contribution in [0.1, 0.15) is 17.7 Å². The van der Waals surface area contributed by atoms with E-state index in [1.807, 2.05) is 36.4 Å². The molecule has 1 saturated heterocycles. The number of nitrogens with two attached hydrogens (primary N) is 1. The molecule has 2 aromatic heterocycles. The summed E-state index contributed by atoms with van der Waals surface area (Å²) in [7, 11) is 0. The standard InChI is InChI=1S/C22H20FN5.C2HF3O2/c23-18-4-1-16(2-5-18)3-6-19-13-17(9-11-26-19)20-7-8-21(27-20)28-12-10-22(25,14-24)15-28;3-2(4,5)1(6)7/h1-9,11,13,27H,10,12,15,25H2;(H,6,7)/t22-;/m0./s1. The quantitative estimate of drug-likeness (QED) is 0.468. The monoisotopic (exact) mass is 487 g/mol. The number of aliphatic carboxylic acids is 1. The average molecular weight is 487 g/mol. The van der Waals surface area contributed by atoms with Gasteiger partial charge in [-0.15, -0.1) is 0 Å². The minimum absolute atomic E-state index is 0.250. The minimum atomic E-state index is -5.08. The zero-order valence-corrected chi connectivity index (χ0v) is 18.3. The molecule has 35 heavy (non-hydrogen) atoms. The summed E-state index contributed by atoms with van der Waals surface area (Å²) < 4.78 is 44.7. The van der Waals surface area contributed by atoms with E-state index in [4.69, 9.17) is 15.6 Å². The highest BCUT2D eigenvalue weighted by molar-refractivity contribution is 5.73. The molecule has 1 aromatic carbocycles. The third kappa shape index (κ3) is 6.91. The highest BCUT2D eigenvalue weighted by Crippen LogP contribution is 2.28. The van der Waals surface area contributed by atoms with Crippen molar-refractivity contribution in [1.29, 1.82) is 5.26 Å². The van der Waals surface area contributed by atoms with Gasteiger partial charge in [-0.05, 0) is 54.5 Å². The van der Waals surface area contributed by atoms with Gasteiger partial charge in [0.15, 0.2) is 0 Å². The van der Waals surface area contributed by atoms with E-state index in [1.165, 1.54) is 12.1 Å². The summed E-state index contributed by atoms with van der Waals surface area (Å²) in [6.07, 6.45) is 1.14. The molecule has 1 aliphatic rings. The lowest BCUT2D eigenvalue weighted by atomic mass is 10.0. The fourth-order valence-electron chi connectivity index (χ4n) is 3.33. The molecule has 1 aliphatic heterocycles. The van der Waals surface area contributed by atoms with E-state index in [-0.39, 0.29) is 5.82 Å². The lowest BCUT2D eigenvalue weighted by molar-refractivity contribution is -0.192. The van der Waals surface area contributed by atoms with Crippen molar-refractivity contribution in [2.75, 3.05) is 18.0 Å². The number of hydrogen-bond donors (Lipinski definition) is 3. The molecule has 182 valence electrons. The number of hydrogen-bond acceptors (Lipinski definition) is 5. The largest absolute Gasteiger partial charge is 0.490 e. The number of nitrogens with zero attached hydrogens (tertiary/aromatic N) is 3. The van der Waals surface area contributed by atoms with E-state index < -0.39 is 17.7 Å². The van der Waals surface area contributed by atoms with Crippen LogP contribution in [0.2, 0.25) is 0 Å². The first-order valence-corrected chi connectivity index (χ1v) is 10.3. The molecule has 3 aromatic rings. The number of H-pyrrole nitrogens is 1. The van der Waals surface area contributed by atoms with E-state index >= 15 is 0 Å². The molecule has 0 aliphatic carbocycles. The number of aromatic nitrogens is 2. The zero-order chi connectivity index (χ0) is 25.6. The van der Waals surface area contributed by atoms with Gasteiger partial charge in [0.2, 0.25) is 0 Å². The van der Waals surface area contributed by atoms with E-state index in [0.717, 1.165) is 34.9 Å². The number of nitriles is 1. The number of carboxylic acids is 1. The normalized spacial score (nSPS) is 17.7. The lowest BCUT2D eigenvalue weighted by Crippen LogP contribution is -2.41. The topological polar surface area (TPSA) is 119 Å². The molecule has 4 rings (SSSR count). The Morgan fingerprint density at radius 3 is 2.49 bits per heavy atom. The Labute approximate surface area is 198 Å². The van der Waals surface area contributed by atoms with Crippen LogP contribution in [0.15, 0.2) is 54.7 Å². The zero-order valence-electron chi connectivity index (χ0n) is 18.3. The first-order valence-electron chi connectivity index (χ1n) is 10.3. The number of aromatic amines is 1. The molecule has 0 unspecified atom stereocenters. The van der Waals surface area contributed by atoms with Crippen molar-refractivity contribution < 1.29 is 27.5 Å². The summed E-state index contributed by atoms with van der Waals surface area (Å²) in [6, 6.07) is 16.5. The number of pyridine rings is 1. The third-order valence-electron chi connectivity index (χ3n) is 5.19. The fourth-order valence-corrected chi connectivity index (χ4v) is 3.33. The molecule has 0 saturated carbocycles. The molecule has 1 fully saturated rings. The van der Waals surface area contributed by atoms with Crippen LogP contribution in [0.4, 0.5) is 23.4 Å². The minimum Gasteiger partial charge on any atom is -0.475 e. The van der Waals surface area contributed by atoms with Crippen LogP contribution >= 0.6 is 0 Å². The molecule has 4 N–H and O–H groups in total. The molecular weight excluding hydrogens is 466 g/mol. The van der Waals surface area contributed by atoms with Crippen molar-refractivity contribution in [2.24, 2.45) is 5.73 Å².